The Hall–Kier alpha value is -2.38. The number of ether oxygens (including phenoxy) is 1. The van der Waals surface area contributed by atoms with Gasteiger partial charge in [-0.15, -0.1) is 0 Å². The lowest BCUT2D eigenvalue weighted by Gasteiger charge is -2.09. The highest BCUT2D eigenvalue weighted by Crippen LogP contribution is 2.20. The molecule has 1 fully saturated rings. The molecule has 118 valence electrons. The molecule has 7 heteroatoms. The third-order valence-corrected chi connectivity index (χ3v) is 3.57. The molecule has 0 radical (unpaired) electrons. The summed E-state index contributed by atoms with van der Waals surface area (Å²) in [6, 6.07) is 13.9. The number of nitro benzene ring substituents is 1. The maximum Gasteiger partial charge on any atom is 0.494 e. The van der Waals surface area contributed by atoms with Crippen LogP contribution in [0.15, 0.2) is 48.5 Å². The van der Waals surface area contributed by atoms with Gasteiger partial charge in [-0.2, -0.15) is 0 Å². The van der Waals surface area contributed by atoms with Gasteiger partial charge in [0.1, 0.15) is 12.4 Å². The molecule has 23 heavy (non-hydrogen) atoms. The summed E-state index contributed by atoms with van der Waals surface area (Å²) >= 11 is 0. The molecule has 3 rings (SSSR count). The van der Waals surface area contributed by atoms with E-state index < -0.39 is 4.92 Å². The highest BCUT2D eigenvalue weighted by atomic mass is 16.6. The van der Waals surface area contributed by atoms with E-state index in [4.69, 9.17) is 14.0 Å². The van der Waals surface area contributed by atoms with E-state index in [1.54, 1.807) is 30.3 Å². The lowest BCUT2D eigenvalue weighted by molar-refractivity contribution is -0.385. The number of benzene rings is 2. The van der Waals surface area contributed by atoms with Crippen molar-refractivity contribution in [3.63, 3.8) is 0 Å². The molecule has 0 amide bonds. The minimum atomic E-state index is -0.405. The molecule has 1 saturated heterocycles. The van der Waals surface area contributed by atoms with Gasteiger partial charge in [0.05, 0.1) is 23.2 Å². The molecular formula is C16H16BNO5. The largest absolute Gasteiger partial charge is 0.494 e. The van der Waals surface area contributed by atoms with Crippen LogP contribution in [0, 0.1) is 10.1 Å². The number of hydrogen-bond donors (Lipinski definition) is 0. The van der Waals surface area contributed by atoms with E-state index in [0.29, 0.717) is 17.9 Å². The molecule has 0 spiro atoms. The van der Waals surface area contributed by atoms with Crippen LogP contribution in [0.3, 0.4) is 0 Å². The summed E-state index contributed by atoms with van der Waals surface area (Å²) in [6.45, 7) is 2.69. The molecule has 1 unspecified atom stereocenters. The minimum absolute atomic E-state index is 0.0610. The zero-order valence-electron chi connectivity index (χ0n) is 12.7. The zero-order valence-corrected chi connectivity index (χ0v) is 12.7. The van der Waals surface area contributed by atoms with E-state index in [1.807, 2.05) is 19.1 Å². The first-order chi connectivity index (χ1) is 11.1. The Labute approximate surface area is 134 Å². The van der Waals surface area contributed by atoms with Crippen molar-refractivity contribution in [3.8, 4) is 5.75 Å². The summed E-state index contributed by atoms with van der Waals surface area (Å²) in [6.07, 6.45) is 0.0922. The van der Waals surface area contributed by atoms with Gasteiger partial charge in [0.15, 0.2) is 0 Å². The van der Waals surface area contributed by atoms with Crippen LogP contribution in [-0.2, 0) is 15.9 Å². The Morgan fingerprint density at radius 2 is 2.00 bits per heavy atom. The Bertz CT molecular complexity index is 691. The summed E-state index contributed by atoms with van der Waals surface area (Å²) < 4.78 is 16.8. The lowest BCUT2D eigenvalue weighted by atomic mass is 9.79. The molecule has 1 heterocycles. The quantitative estimate of drug-likeness (QED) is 0.481. The van der Waals surface area contributed by atoms with Crippen LogP contribution >= 0.6 is 0 Å². The van der Waals surface area contributed by atoms with Gasteiger partial charge >= 0.3 is 7.12 Å². The van der Waals surface area contributed by atoms with Gasteiger partial charge in [0, 0.05) is 6.07 Å². The fraction of sp³-hybridized carbons (Fsp3) is 0.250. The van der Waals surface area contributed by atoms with Crippen LogP contribution in [0.2, 0.25) is 0 Å². The second kappa shape index (κ2) is 6.81. The normalized spacial score (nSPS) is 17.3. The van der Waals surface area contributed by atoms with Crippen LogP contribution in [-0.4, -0.2) is 24.8 Å². The SMILES string of the molecule is CC1COB(c2ccc(OCc3ccccc3[N+](=O)[O-])cc2)O1. The van der Waals surface area contributed by atoms with E-state index in [1.165, 1.54) is 6.07 Å². The van der Waals surface area contributed by atoms with Gasteiger partial charge in [-0.1, -0.05) is 24.3 Å². The molecule has 2 aromatic rings. The van der Waals surface area contributed by atoms with Gasteiger partial charge < -0.3 is 14.0 Å². The van der Waals surface area contributed by atoms with Crippen molar-refractivity contribution in [2.24, 2.45) is 0 Å². The summed E-state index contributed by atoms with van der Waals surface area (Å²) in [7, 11) is -0.339. The van der Waals surface area contributed by atoms with Crippen LogP contribution in [0.4, 0.5) is 5.69 Å². The molecule has 0 saturated carbocycles. The molecule has 2 aromatic carbocycles. The fourth-order valence-corrected chi connectivity index (χ4v) is 2.38. The third-order valence-electron chi connectivity index (χ3n) is 3.57. The Morgan fingerprint density at radius 3 is 2.65 bits per heavy atom. The predicted molar refractivity (Wildman–Crippen MR) is 85.8 cm³/mol. The van der Waals surface area contributed by atoms with Crippen molar-refractivity contribution in [3.05, 3.63) is 64.2 Å². The van der Waals surface area contributed by atoms with E-state index >= 15 is 0 Å². The van der Waals surface area contributed by atoms with Gasteiger partial charge in [-0.05, 0) is 30.6 Å². The monoisotopic (exact) mass is 313 g/mol. The minimum Gasteiger partial charge on any atom is -0.489 e. The first-order valence-corrected chi connectivity index (χ1v) is 7.35. The van der Waals surface area contributed by atoms with E-state index in [-0.39, 0.29) is 25.5 Å². The molecular weight excluding hydrogens is 297 g/mol. The molecule has 1 aliphatic rings. The van der Waals surface area contributed by atoms with Crippen LogP contribution in [0.1, 0.15) is 12.5 Å². The molecule has 0 aliphatic carbocycles. The van der Waals surface area contributed by atoms with Crippen LogP contribution in [0.25, 0.3) is 0 Å². The van der Waals surface area contributed by atoms with Gasteiger partial charge in [-0.3, -0.25) is 10.1 Å². The van der Waals surface area contributed by atoms with E-state index in [9.17, 15) is 10.1 Å². The van der Waals surface area contributed by atoms with Crippen molar-refractivity contribution in [1.29, 1.82) is 0 Å². The van der Waals surface area contributed by atoms with Crippen molar-refractivity contribution in [2.45, 2.75) is 19.6 Å². The lowest BCUT2D eigenvalue weighted by Crippen LogP contribution is -2.31. The Balaban J connectivity index is 1.64. The van der Waals surface area contributed by atoms with E-state index in [2.05, 4.69) is 0 Å². The second-order valence-corrected chi connectivity index (χ2v) is 5.36. The van der Waals surface area contributed by atoms with Gasteiger partial charge in [0.2, 0.25) is 0 Å². The smallest absolute Gasteiger partial charge is 0.489 e. The molecule has 1 atom stereocenters. The maximum atomic E-state index is 11.0. The predicted octanol–water partition coefficient (Wildman–Crippen LogP) is 2.30. The zero-order chi connectivity index (χ0) is 16.2. The molecule has 0 bridgehead atoms. The highest BCUT2D eigenvalue weighted by molar-refractivity contribution is 6.61. The average Bonchev–Trinajstić information content (AvgIpc) is 3.00. The highest BCUT2D eigenvalue weighted by Gasteiger charge is 2.30. The standard InChI is InChI=1S/C16H16BNO5/c1-12-10-22-17(23-12)14-6-8-15(9-7-14)21-11-13-4-2-3-5-16(13)18(19)20/h2-9,12H,10-11H2,1H3. The Kier molecular flexibility index (Phi) is 4.59. The molecule has 0 aromatic heterocycles. The third kappa shape index (κ3) is 3.69. The van der Waals surface area contributed by atoms with Crippen molar-refractivity contribution in [1.82, 2.24) is 0 Å². The van der Waals surface area contributed by atoms with Gasteiger partial charge in [0.25, 0.3) is 5.69 Å². The van der Waals surface area contributed by atoms with Crippen molar-refractivity contribution >= 4 is 18.3 Å². The fourth-order valence-electron chi connectivity index (χ4n) is 2.38. The Morgan fingerprint density at radius 1 is 1.26 bits per heavy atom. The number of nitrogens with zero attached hydrogens (tertiary/aromatic N) is 1. The summed E-state index contributed by atoms with van der Waals surface area (Å²) in [4.78, 5) is 10.6. The van der Waals surface area contributed by atoms with Crippen molar-refractivity contribution < 1.29 is 19.0 Å². The first kappa shape index (κ1) is 15.5. The summed E-state index contributed by atoms with van der Waals surface area (Å²) in [5, 5.41) is 11.0. The average molecular weight is 313 g/mol. The molecule has 6 nitrogen and oxygen atoms in total. The number of hydrogen-bond acceptors (Lipinski definition) is 5. The number of nitro groups is 1. The summed E-state index contributed by atoms with van der Waals surface area (Å²) in [5.74, 6) is 0.637. The van der Waals surface area contributed by atoms with Crippen LogP contribution in [0.5, 0.6) is 5.75 Å². The topological polar surface area (TPSA) is 70.8 Å². The number of rotatable bonds is 5. The molecule has 1 aliphatic heterocycles. The van der Waals surface area contributed by atoms with E-state index in [0.717, 1.165) is 5.46 Å². The molecule has 0 N–H and O–H groups in total. The second-order valence-electron chi connectivity index (χ2n) is 5.36. The van der Waals surface area contributed by atoms with Crippen LogP contribution < -0.4 is 10.2 Å². The van der Waals surface area contributed by atoms with Crippen molar-refractivity contribution in [2.75, 3.05) is 6.61 Å². The summed E-state index contributed by atoms with van der Waals surface area (Å²) in [5.41, 5.74) is 1.52. The maximum absolute atomic E-state index is 11.0. The number of para-hydroxylation sites is 1. The van der Waals surface area contributed by atoms with Gasteiger partial charge in [-0.25, -0.2) is 0 Å². The first-order valence-electron chi connectivity index (χ1n) is 7.35.